The van der Waals surface area contributed by atoms with Crippen LogP contribution in [0.1, 0.15) is 47.3 Å². The Labute approximate surface area is 272 Å². The predicted molar refractivity (Wildman–Crippen MR) is 182 cm³/mol. The Morgan fingerprint density at radius 3 is 2.09 bits per heavy atom. The molecule has 0 aliphatic carbocycles. The summed E-state index contributed by atoms with van der Waals surface area (Å²) in [6.07, 6.45) is 1.51. The number of anilines is 3. The van der Waals surface area contributed by atoms with Gasteiger partial charge in [0.05, 0.1) is 23.5 Å². The Hall–Kier alpha value is -4.60. The quantitative estimate of drug-likeness (QED) is 0.378. The van der Waals surface area contributed by atoms with E-state index in [4.69, 9.17) is 10.9 Å². The van der Waals surface area contributed by atoms with Crippen LogP contribution in [0.15, 0.2) is 65.6 Å². The highest BCUT2D eigenvalue weighted by Crippen LogP contribution is 2.32. The zero-order valence-electron chi connectivity index (χ0n) is 25.6. The van der Waals surface area contributed by atoms with E-state index in [9.17, 15) is 23.3 Å². The van der Waals surface area contributed by atoms with E-state index < -0.39 is 15.9 Å². The average molecular weight is 646 g/mol. The third kappa shape index (κ3) is 7.27. The summed E-state index contributed by atoms with van der Waals surface area (Å²) in [7, 11) is -3.89. The number of benzene rings is 3. The van der Waals surface area contributed by atoms with E-state index in [1.807, 2.05) is 60.0 Å². The molecule has 0 saturated carbocycles. The van der Waals surface area contributed by atoms with Crippen LogP contribution in [0.4, 0.5) is 17.1 Å². The second kappa shape index (κ2) is 14.2. The Kier molecular flexibility index (Phi) is 10.6. The predicted octanol–water partition coefficient (Wildman–Crippen LogP) is 3.38. The molecule has 2 aliphatic heterocycles. The summed E-state index contributed by atoms with van der Waals surface area (Å²) < 4.78 is 24.3. The lowest BCUT2D eigenvalue weighted by Crippen LogP contribution is -2.49. The first kappa shape index (κ1) is 34.3. The molecule has 0 radical (unpaired) electrons. The number of primary sulfonamides is 1. The molecule has 0 atom stereocenters. The van der Waals surface area contributed by atoms with Crippen LogP contribution in [-0.4, -0.2) is 77.0 Å². The van der Waals surface area contributed by atoms with Crippen molar-refractivity contribution in [3.8, 4) is 6.07 Å². The highest BCUT2D eigenvalue weighted by molar-refractivity contribution is 7.89. The third-order valence-corrected chi connectivity index (χ3v) is 9.72. The number of carbonyl (C=O) groups excluding carboxylic acids is 2. The number of carbonyl (C=O) groups is 2. The fourth-order valence-corrected chi connectivity index (χ4v) is 7.26. The molecule has 3 aromatic carbocycles. The van der Waals surface area contributed by atoms with Crippen LogP contribution in [0.25, 0.3) is 0 Å². The van der Waals surface area contributed by atoms with Gasteiger partial charge in [0.2, 0.25) is 15.9 Å². The summed E-state index contributed by atoms with van der Waals surface area (Å²) in [6.45, 7) is 7.08. The highest BCUT2D eigenvalue weighted by Gasteiger charge is 2.30. The maximum absolute atomic E-state index is 13.9. The van der Waals surface area contributed by atoms with Gasteiger partial charge in [-0.05, 0) is 68.1 Å². The number of rotatable bonds is 8. The van der Waals surface area contributed by atoms with Gasteiger partial charge in [0.25, 0.3) is 5.91 Å². The van der Waals surface area contributed by atoms with E-state index in [1.54, 1.807) is 23.1 Å². The lowest BCUT2D eigenvalue weighted by Gasteiger charge is -2.41. The lowest BCUT2D eigenvalue weighted by atomic mass is 9.97. The van der Waals surface area contributed by atoms with E-state index in [2.05, 4.69) is 11.0 Å². The molecule has 11 nitrogen and oxygen atoms in total. The summed E-state index contributed by atoms with van der Waals surface area (Å²) in [5.74, 6) is -0.564. The minimum absolute atomic E-state index is 0. The van der Waals surface area contributed by atoms with Gasteiger partial charge in [-0.25, -0.2) is 13.6 Å². The number of primary amides is 1. The van der Waals surface area contributed by atoms with Crippen LogP contribution in [0.3, 0.4) is 0 Å². The summed E-state index contributed by atoms with van der Waals surface area (Å²) >= 11 is 0. The minimum atomic E-state index is -3.89. The summed E-state index contributed by atoms with van der Waals surface area (Å²) in [5, 5.41) is 15.0. The number of hydrogen-bond donors (Lipinski definition) is 2. The number of piperidine rings is 1. The van der Waals surface area contributed by atoms with Crippen molar-refractivity contribution in [2.45, 2.75) is 45.1 Å². The standard InChI is InChI=1S/C33H39N7O4S.CH4/c1-23-19-24(2)30(40(22-32(35)41)26-11-13-37(14-12-26)28-8-4-3-7-25(28)21-34)20-27(23)33(42)39-17-15-38(16-18-39)29-9-5-6-10-31(29)45(36,43)44;/h3-10,19-20,26H,11-18,22H2,1-2H3,(H2,35,41)(H2,36,43,44);1H4. The molecule has 2 aliphatic rings. The Morgan fingerprint density at radius 1 is 0.891 bits per heavy atom. The monoisotopic (exact) mass is 645 g/mol. The van der Waals surface area contributed by atoms with Crippen LogP contribution in [0.2, 0.25) is 0 Å². The normalized spacial score (nSPS) is 15.6. The van der Waals surface area contributed by atoms with Gasteiger partial charge in [-0.3, -0.25) is 9.59 Å². The first-order valence-corrected chi connectivity index (χ1v) is 16.6. The smallest absolute Gasteiger partial charge is 0.254 e. The number of nitrogens with zero attached hydrogens (tertiary/aromatic N) is 5. The molecule has 2 heterocycles. The maximum atomic E-state index is 13.9. The van der Waals surface area contributed by atoms with Crippen molar-refractivity contribution < 1.29 is 18.0 Å². The van der Waals surface area contributed by atoms with E-state index in [0.717, 1.165) is 35.3 Å². The largest absolute Gasteiger partial charge is 0.370 e. The summed E-state index contributed by atoms with van der Waals surface area (Å²) in [6, 6.07) is 20.4. The first-order valence-electron chi connectivity index (χ1n) is 15.0. The van der Waals surface area contributed by atoms with Crippen molar-refractivity contribution >= 4 is 38.9 Å². The van der Waals surface area contributed by atoms with Crippen molar-refractivity contribution in [1.29, 1.82) is 5.26 Å². The number of nitrogens with two attached hydrogens (primary N) is 2. The van der Waals surface area contributed by atoms with Crippen molar-refractivity contribution in [3.05, 3.63) is 82.9 Å². The highest BCUT2D eigenvalue weighted by atomic mass is 32.2. The number of para-hydroxylation sites is 2. The van der Waals surface area contributed by atoms with Crippen LogP contribution >= 0.6 is 0 Å². The van der Waals surface area contributed by atoms with Gasteiger partial charge < -0.3 is 25.3 Å². The molecule has 0 spiro atoms. The number of sulfonamides is 1. The molecule has 244 valence electrons. The van der Waals surface area contributed by atoms with Gasteiger partial charge in [0.15, 0.2) is 0 Å². The molecule has 0 aromatic heterocycles. The Balaban J connectivity index is 0.00000480. The first-order chi connectivity index (χ1) is 21.5. The zero-order valence-corrected chi connectivity index (χ0v) is 26.5. The van der Waals surface area contributed by atoms with Gasteiger partial charge in [0, 0.05) is 56.6 Å². The number of piperazine rings is 1. The molecular formula is C34H43N7O4S. The van der Waals surface area contributed by atoms with E-state index in [-0.39, 0.29) is 30.8 Å². The Morgan fingerprint density at radius 2 is 1.48 bits per heavy atom. The molecule has 2 amide bonds. The topological polar surface area (TPSA) is 157 Å². The van der Waals surface area contributed by atoms with Gasteiger partial charge >= 0.3 is 0 Å². The molecule has 5 rings (SSSR count). The van der Waals surface area contributed by atoms with E-state index in [0.29, 0.717) is 56.1 Å². The minimum Gasteiger partial charge on any atom is -0.370 e. The van der Waals surface area contributed by atoms with E-state index >= 15 is 0 Å². The van der Waals surface area contributed by atoms with Crippen LogP contribution in [-0.2, 0) is 14.8 Å². The van der Waals surface area contributed by atoms with Crippen molar-refractivity contribution in [2.24, 2.45) is 10.9 Å². The summed E-state index contributed by atoms with van der Waals surface area (Å²) in [5.41, 5.74) is 11.0. The van der Waals surface area contributed by atoms with Gasteiger partial charge in [0.1, 0.15) is 11.0 Å². The van der Waals surface area contributed by atoms with Gasteiger partial charge in [-0.2, -0.15) is 5.26 Å². The zero-order chi connectivity index (χ0) is 32.3. The lowest BCUT2D eigenvalue weighted by molar-refractivity contribution is -0.116. The Bertz CT molecular complexity index is 1740. The van der Waals surface area contributed by atoms with Crippen molar-refractivity contribution in [2.75, 3.05) is 60.5 Å². The van der Waals surface area contributed by atoms with Crippen LogP contribution in [0.5, 0.6) is 0 Å². The fourth-order valence-electron chi connectivity index (χ4n) is 6.50. The van der Waals surface area contributed by atoms with Crippen LogP contribution in [0, 0.1) is 25.2 Å². The SMILES string of the molecule is C.Cc1cc(C)c(N(CC(N)=O)C2CCN(c3ccccc3C#N)CC2)cc1C(=O)N1CCN(c2ccccc2S(N)(=O)=O)CC1. The second-order valence-corrected chi connectivity index (χ2v) is 13.2. The summed E-state index contributed by atoms with van der Waals surface area (Å²) in [4.78, 5) is 34.2. The van der Waals surface area contributed by atoms with Gasteiger partial charge in [-0.15, -0.1) is 0 Å². The number of aryl methyl sites for hydroxylation is 2. The third-order valence-electron chi connectivity index (χ3n) is 8.76. The molecule has 2 saturated heterocycles. The second-order valence-electron chi connectivity index (χ2n) is 11.7. The molecule has 0 bridgehead atoms. The molecule has 12 heteroatoms. The van der Waals surface area contributed by atoms with E-state index in [1.165, 1.54) is 6.07 Å². The van der Waals surface area contributed by atoms with Crippen molar-refractivity contribution in [3.63, 3.8) is 0 Å². The number of hydrogen-bond acceptors (Lipinski definition) is 8. The number of nitriles is 1. The fraction of sp³-hybridized carbons (Fsp3) is 0.382. The molecule has 46 heavy (non-hydrogen) atoms. The maximum Gasteiger partial charge on any atom is 0.254 e. The van der Waals surface area contributed by atoms with Gasteiger partial charge in [-0.1, -0.05) is 37.8 Å². The molecule has 0 unspecified atom stereocenters. The molecule has 2 fully saturated rings. The van der Waals surface area contributed by atoms with Crippen molar-refractivity contribution in [1.82, 2.24) is 4.90 Å². The molecular weight excluding hydrogens is 602 g/mol. The van der Waals surface area contributed by atoms with Crippen LogP contribution < -0.4 is 25.6 Å². The molecule has 3 aromatic rings. The number of amides is 2. The molecule has 4 N–H and O–H groups in total. The average Bonchev–Trinajstić information content (AvgIpc) is 3.03.